The minimum atomic E-state index is -0.277. The van der Waals surface area contributed by atoms with Crippen LogP contribution in [-0.2, 0) is 22.7 Å². The number of rotatable bonds is 8. The van der Waals surface area contributed by atoms with Crippen molar-refractivity contribution in [1.82, 2.24) is 9.88 Å². The molecular formula is C22H26N2O4. The van der Waals surface area contributed by atoms with E-state index < -0.39 is 0 Å². The highest BCUT2D eigenvalue weighted by atomic mass is 16.5. The number of methoxy groups -OCH3 is 1. The standard InChI is InChI=1S/C22H26N2O4/c1-26-19-7-4-17(13-21(19)28-15-16-8-10-23-11-9-16)14-24(18-5-6-18)22(25)20-3-2-12-27-20/h4,7-11,13,18,20H,2-3,5-6,12,14-15H2,1H3. The second-order valence-corrected chi connectivity index (χ2v) is 7.33. The molecule has 4 rings (SSSR count). The number of nitrogens with zero attached hydrogens (tertiary/aromatic N) is 2. The van der Waals surface area contributed by atoms with Crippen molar-refractivity contribution in [1.29, 1.82) is 0 Å². The zero-order valence-electron chi connectivity index (χ0n) is 16.2. The van der Waals surface area contributed by atoms with Crippen molar-refractivity contribution in [3.8, 4) is 11.5 Å². The van der Waals surface area contributed by atoms with Gasteiger partial charge in [-0.2, -0.15) is 0 Å². The largest absolute Gasteiger partial charge is 0.493 e. The summed E-state index contributed by atoms with van der Waals surface area (Å²) in [5.74, 6) is 1.48. The lowest BCUT2D eigenvalue weighted by atomic mass is 10.1. The third-order valence-electron chi connectivity index (χ3n) is 5.20. The first-order valence-corrected chi connectivity index (χ1v) is 9.85. The van der Waals surface area contributed by atoms with Crippen molar-refractivity contribution in [3.63, 3.8) is 0 Å². The van der Waals surface area contributed by atoms with Crippen LogP contribution in [0.3, 0.4) is 0 Å². The molecule has 6 heteroatoms. The van der Waals surface area contributed by atoms with Gasteiger partial charge >= 0.3 is 0 Å². The Labute approximate surface area is 165 Å². The van der Waals surface area contributed by atoms with Gasteiger partial charge in [0.2, 0.25) is 0 Å². The number of ether oxygens (including phenoxy) is 3. The predicted molar refractivity (Wildman–Crippen MR) is 104 cm³/mol. The van der Waals surface area contributed by atoms with Crippen molar-refractivity contribution < 1.29 is 19.0 Å². The summed E-state index contributed by atoms with van der Waals surface area (Å²) in [7, 11) is 1.63. The van der Waals surface area contributed by atoms with Crippen LogP contribution in [0.15, 0.2) is 42.7 Å². The van der Waals surface area contributed by atoms with Gasteiger partial charge in [-0.15, -0.1) is 0 Å². The molecule has 2 fully saturated rings. The van der Waals surface area contributed by atoms with Gasteiger partial charge in [0, 0.05) is 31.6 Å². The lowest BCUT2D eigenvalue weighted by molar-refractivity contribution is -0.142. The number of hydrogen-bond donors (Lipinski definition) is 0. The van der Waals surface area contributed by atoms with Crippen LogP contribution in [0.25, 0.3) is 0 Å². The van der Waals surface area contributed by atoms with Crippen molar-refractivity contribution in [2.75, 3.05) is 13.7 Å². The molecule has 1 aromatic heterocycles. The zero-order valence-corrected chi connectivity index (χ0v) is 16.2. The van der Waals surface area contributed by atoms with Crippen LogP contribution >= 0.6 is 0 Å². The number of benzene rings is 1. The van der Waals surface area contributed by atoms with E-state index >= 15 is 0 Å². The maximum absolute atomic E-state index is 12.9. The van der Waals surface area contributed by atoms with Crippen molar-refractivity contribution >= 4 is 5.91 Å². The molecule has 148 valence electrons. The molecule has 0 N–H and O–H groups in total. The Hall–Kier alpha value is -2.60. The Balaban J connectivity index is 1.48. The topological polar surface area (TPSA) is 60.9 Å². The number of carbonyl (C=O) groups excluding carboxylic acids is 1. The molecule has 28 heavy (non-hydrogen) atoms. The van der Waals surface area contributed by atoms with Crippen molar-refractivity contribution in [2.45, 2.75) is 51.0 Å². The molecule has 0 spiro atoms. The van der Waals surface area contributed by atoms with Gasteiger partial charge in [0.25, 0.3) is 5.91 Å². The summed E-state index contributed by atoms with van der Waals surface area (Å²) in [6.45, 7) is 1.69. The smallest absolute Gasteiger partial charge is 0.252 e. The molecule has 0 radical (unpaired) electrons. The van der Waals surface area contributed by atoms with E-state index in [1.54, 1.807) is 19.5 Å². The summed E-state index contributed by atoms with van der Waals surface area (Å²) in [4.78, 5) is 18.9. The molecule has 1 aromatic carbocycles. The van der Waals surface area contributed by atoms with E-state index in [4.69, 9.17) is 14.2 Å². The third-order valence-corrected chi connectivity index (χ3v) is 5.20. The minimum Gasteiger partial charge on any atom is -0.493 e. The maximum atomic E-state index is 12.9. The van der Waals surface area contributed by atoms with E-state index in [1.807, 2.05) is 35.2 Å². The second-order valence-electron chi connectivity index (χ2n) is 7.33. The molecule has 1 saturated carbocycles. The number of carbonyl (C=O) groups is 1. The quantitative estimate of drug-likeness (QED) is 0.701. The van der Waals surface area contributed by atoms with E-state index in [9.17, 15) is 4.79 Å². The molecule has 1 atom stereocenters. The Morgan fingerprint density at radius 1 is 1.14 bits per heavy atom. The van der Waals surface area contributed by atoms with Gasteiger partial charge < -0.3 is 19.1 Å². The van der Waals surface area contributed by atoms with Gasteiger partial charge in [-0.25, -0.2) is 0 Å². The lowest BCUT2D eigenvalue weighted by Crippen LogP contribution is -2.39. The van der Waals surface area contributed by atoms with Crippen LogP contribution in [0.5, 0.6) is 11.5 Å². The Morgan fingerprint density at radius 2 is 1.96 bits per heavy atom. The van der Waals surface area contributed by atoms with Gasteiger partial charge in [0.05, 0.1) is 7.11 Å². The van der Waals surface area contributed by atoms with Gasteiger partial charge in [-0.1, -0.05) is 6.07 Å². The molecule has 1 aliphatic heterocycles. The van der Waals surface area contributed by atoms with E-state index in [-0.39, 0.29) is 12.0 Å². The SMILES string of the molecule is COc1ccc(CN(C(=O)C2CCCO2)C2CC2)cc1OCc1ccncc1. The lowest BCUT2D eigenvalue weighted by Gasteiger charge is -2.25. The second kappa shape index (κ2) is 8.61. The number of hydrogen-bond acceptors (Lipinski definition) is 5. The molecule has 2 aromatic rings. The summed E-state index contributed by atoms with van der Waals surface area (Å²) in [5, 5.41) is 0. The summed E-state index contributed by atoms with van der Waals surface area (Å²) < 4.78 is 17.1. The first kappa shape index (κ1) is 18.7. The summed E-state index contributed by atoms with van der Waals surface area (Å²) >= 11 is 0. The van der Waals surface area contributed by atoms with Crippen LogP contribution in [0.1, 0.15) is 36.8 Å². The third kappa shape index (κ3) is 4.44. The van der Waals surface area contributed by atoms with E-state index in [1.165, 1.54) is 0 Å². The molecule has 0 bridgehead atoms. The van der Waals surface area contributed by atoms with Crippen molar-refractivity contribution in [2.24, 2.45) is 0 Å². The molecule has 6 nitrogen and oxygen atoms in total. The average Bonchev–Trinajstić information content (AvgIpc) is 3.43. The average molecular weight is 382 g/mol. The molecule has 2 aliphatic rings. The summed E-state index contributed by atoms with van der Waals surface area (Å²) in [6, 6.07) is 10.0. The van der Waals surface area contributed by atoms with Gasteiger partial charge in [0.15, 0.2) is 11.5 Å². The first-order chi connectivity index (χ1) is 13.7. The predicted octanol–water partition coefficient (Wildman–Crippen LogP) is 3.34. The van der Waals surface area contributed by atoms with Crippen LogP contribution in [0.4, 0.5) is 0 Å². The minimum absolute atomic E-state index is 0.120. The normalized spacial score (nSPS) is 18.7. The van der Waals surface area contributed by atoms with E-state index in [2.05, 4.69) is 4.98 Å². The molecule has 1 amide bonds. The fourth-order valence-electron chi connectivity index (χ4n) is 3.50. The summed E-state index contributed by atoms with van der Waals surface area (Å²) in [5.41, 5.74) is 2.07. The number of pyridine rings is 1. The highest BCUT2D eigenvalue weighted by molar-refractivity contribution is 5.81. The number of amides is 1. The highest BCUT2D eigenvalue weighted by Crippen LogP contribution is 2.33. The Bertz CT molecular complexity index is 801. The first-order valence-electron chi connectivity index (χ1n) is 9.85. The maximum Gasteiger partial charge on any atom is 0.252 e. The molecule has 1 saturated heterocycles. The Kier molecular flexibility index (Phi) is 5.76. The van der Waals surface area contributed by atoms with Crippen LogP contribution in [0.2, 0.25) is 0 Å². The van der Waals surface area contributed by atoms with Crippen LogP contribution in [0, 0.1) is 0 Å². The molecule has 2 heterocycles. The van der Waals surface area contributed by atoms with E-state index in [0.717, 1.165) is 36.8 Å². The van der Waals surface area contributed by atoms with Gasteiger partial charge in [0.1, 0.15) is 12.7 Å². The van der Waals surface area contributed by atoms with Gasteiger partial charge in [-0.3, -0.25) is 9.78 Å². The fraction of sp³-hybridized carbons (Fsp3) is 0.455. The number of aromatic nitrogens is 1. The molecule has 1 aliphatic carbocycles. The van der Waals surface area contributed by atoms with E-state index in [0.29, 0.717) is 37.3 Å². The molecule has 1 unspecified atom stereocenters. The fourth-order valence-corrected chi connectivity index (χ4v) is 3.50. The zero-order chi connectivity index (χ0) is 19.3. The van der Waals surface area contributed by atoms with Crippen molar-refractivity contribution in [3.05, 3.63) is 53.9 Å². The van der Waals surface area contributed by atoms with Crippen LogP contribution in [-0.4, -0.2) is 41.7 Å². The summed E-state index contributed by atoms with van der Waals surface area (Å²) in [6.07, 6.45) is 7.14. The molecular weight excluding hydrogens is 356 g/mol. The Morgan fingerprint density at radius 3 is 2.64 bits per heavy atom. The van der Waals surface area contributed by atoms with Crippen LogP contribution < -0.4 is 9.47 Å². The highest BCUT2D eigenvalue weighted by Gasteiger charge is 2.37. The monoisotopic (exact) mass is 382 g/mol. The van der Waals surface area contributed by atoms with Gasteiger partial charge in [-0.05, 0) is 61.1 Å².